The van der Waals surface area contributed by atoms with E-state index < -0.39 is 0 Å². The molecular weight excluding hydrogens is 354 g/mol. The van der Waals surface area contributed by atoms with Gasteiger partial charge in [-0.2, -0.15) is 0 Å². The third kappa shape index (κ3) is 2.82. The molecule has 0 radical (unpaired) electrons. The van der Waals surface area contributed by atoms with Gasteiger partial charge in [-0.15, -0.1) is 0 Å². The molecule has 4 rings (SSSR count). The summed E-state index contributed by atoms with van der Waals surface area (Å²) in [5, 5.41) is 0.568. The van der Waals surface area contributed by atoms with Gasteiger partial charge in [0.1, 0.15) is 24.3 Å². The van der Waals surface area contributed by atoms with Crippen molar-refractivity contribution < 1.29 is 9.53 Å². The molecule has 0 spiro atoms. The number of fused-ring (bicyclic) bond motifs is 1. The van der Waals surface area contributed by atoms with E-state index in [0.29, 0.717) is 29.6 Å². The summed E-state index contributed by atoms with van der Waals surface area (Å²) in [5.74, 6) is 0.0184. The van der Waals surface area contributed by atoms with Crippen LogP contribution in [0.25, 0.3) is 11.3 Å². The van der Waals surface area contributed by atoms with Crippen molar-refractivity contribution in [3.05, 3.63) is 59.5 Å². The first kappa shape index (κ1) is 16.3. The van der Waals surface area contributed by atoms with E-state index in [0.717, 1.165) is 5.56 Å². The number of carbonyl (C=O) groups is 1. The number of ether oxygens (including phenoxy) is 1. The maximum Gasteiger partial charge on any atom is 0.267 e. The number of nitrogens with zero attached hydrogens (tertiary/aromatic N) is 4. The molecule has 0 unspecified atom stereocenters. The summed E-state index contributed by atoms with van der Waals surface area (Å²) in [6.07, 6.45) is 2.97. The molecule has 1 aliphatic rings. The topological polar surface area (TPSA) is 94.2 Å². The highest BCUT2D eigenvalue weighted by Crippen LogP contribution is 2.30. The molecule has 0 atom stereocenters. The molecular formula is C18H14ClN5O2. The van der Waals surface area contributed by atoms with Crippen LogP contribution in [0.1, 0.15) is 10.4 Å². The Kier molecular flexibility index (Phi) is 4.14. The quantitative estimate of drug-likeness (QED) is 0.748. The van der Waals surface area contributed by atoms with Crippen LogP contribution >= 0.6 is 11.6 Å². The maximum atomic E-state index is 12.9. The lowest BCUT2D eigenvalue weighted by molar-refractivity contribution is 0.0990. The molecule has 3 aromatic rings. The van der Waals surface area contributed by atoms with Gasteiger partial charge in [0.05, 0.1) is 17.3 Å². The molecule has 0 aliphatic carbocycles. The van der Waals surface area contributed by atoms with Crippen LogP contribution in [-0.4, -0.2) is 34.0 Å². The molecule has 8 heteroatoms. The van der Waals surface area contributed by atoms with Gasteiger partial charge in [-0.3, -0.25) is 9.78 Å². The van der Waals surface area contributed by atoms with E-state index in [1.165, 1.54) is 6.33 Å². The zero-order valence-electron chi connectivity index (χ0n) is 13.6. The average Bonchev–Trinajstić information content (AvgIpc) is 2.82. The molecule has 1 aromatic carbocycles. The van der Waals surface area contributed by atoms with Crippen LogP contribution in [0.4, 0.5) is 11.5 Å². The molecule has 1 amide bonds. The van der Waals surface area contributed by atoms with E-state index >= 15 is 0 Å². The van der Waals surface area contributed by atoms with E-state index in [9.17, 15) is 4.79 Å². The molecule has 3 heterocycles. The van der Waals surface area contributed by atoms with Crippen molar-refractivity contribution in [2.45, 2.75) is 0 Å². The number of benzene rings is 1. The lowest BCUT2D eigenvalue weighted by Crippen LogP contribution is -2.32. The number of halogens is 1. The average molecular weight is 368 g/mol. The fourth-order valence-electron chi connectivity index (χ4n) is 2.81. The lowest BCUT2D eigenvalue weighted by Gasteiger charge is -2.20. The Bertz CT molecular complexity index is 978. The number of amides is 1. The summed E-state index contributed by atoms with van der Waals surface area (Å²) < 4.78 is 5.54. The highest BCUT2D eigenvalue weighted by molar-refractivity contribution is 6.33. The molecule has 0 saturated heterocycles. The summed E-state index contributed by atoms with van der Waals surface area (Å²) in [5.41, 5.74) is 8.30. The van der Waals surface area contributed by atoms with Gasteiger partial charge in [0, 0.05) is 17.4 Å². The van der Waals surface area contributed by atoms with Crippen molar-refractivity contribution >= 4 is 29.0 Å². The van der Waals surface area contributed by atoms with Gasteiger partial charge in [-0.25, -0.2) is 9.97 Å². The SMILES string of the molecule is Nc1ncnc2c1C(=O)N(c1ccc(-c3ncccc3Cl)cc1)CCO2. The second-order valence-electron chi connectivity index (χ2n) is 5.63. The second kappa shape index (κ2) is 6.61. The summed E-state index contributed by atoms with van der Waals surface area (Å²) in [7, 11) is 0. The van der Waals surface area contributed by atoms with E-state index in [-0.39, 0.29) is 23.2 Å². The van der Waals surface area contributed by atoms with Gasteiger partial charge in [0.25, 0.3) is 5.91 Å². The van der Waals surface area contributed by atoms with Gasteiger partial charge in [-0.1, -0.05) is 23.7 Å². The largest absolute Gasteiger partial charge is 0.475 e. The third-order valence-electron chi connectivity index (χ3n) is 4.07. The molecule has 0 saturated carbocycles. The molecule has 1 aliphatic heterocycles. The van der Waals surface area contributed by atoms with Crippen molar-refractivity contribution in [1.82, 2.24) is 15.0 Å². The Morgan fingerprint density at radius 1 is 1.12 bits per heavy atom. The number of pyridine rings is 1. The monoisotopic (exact) mass is 367 g/mol. The van der Waals surface area contributed by atoms with E-state index in [2.05, 4.69) is 15.0 Å². The number of hydrogen-bond donors (Lipinski definition) is 1. The Morgan fingerprint density at radius 3 is 2.69 bits per heavy atom. The summed E-state index contributed by atoms with van der Waals surface area (Å²) >= 11 is 6.19. The number of anilines is 2. The van der Waals surface area contributed by atoms with Crippen molar-refractivity contribution in [1.29, 1.82) is 0 Å². The Balaban J connectivity index is 1.69. The zero-order valence-corrected chi connectivity index (χ0v) is 14.3. The third-order valence-corrected chi connectivity index (χ3v) is 4.37. The van der Waals surface area contributed by atoms with Crippen LogP contribution < -0.4 is 15.4 Å². The minimum absolute atomic E-state index is 0.101. The predicted molar refractivity (Wildman–Crippen MR) is 98.3 cm³/mol. The number of nitrogens with two attached hydrogens (primary N) is 1. The fourth-order valence-corrected chi connectivity index (χ4v) is 3.04. The highest BCUT2D eigenvalue weighted by atomic mass is 35.5. The van der Waals surface area contributed by atoms with E-state index in [1.807, 2.05) is 24.3 Å². The van der Waals surface area contributed by atoms with E-state index in [4.69, 9.17) is 22.1 Å². The summed E-state index contributed by atoms with van der Waals surface area (Å²) in [6.45, 7) is 0.682. The van der Waals surface area contributed by atoms with Crippen LogP contribution in [0.5, 0.6) is 5.88 Å². The van der Waals surface area contributed by atoms with Gasteiger partial charge >= 0.3 is 0 Å². The first-order valence-corrected chi connectivity index (χ1v) is 8.29. The standard InChI is InChI=1S/C18H14ClN5O2/c19-13-2-1-7-21-15(13)11-3-5-12(6-4-11)24-8-9-26-17-14(18(24)25)16(20)22-10-23-17/h1-7,10H,8-9H2,(H2,20,22,23). The molecule has 2 aromatic heterocycles. The van der Waals surface area contributed by atoms with Crippen molar-refractivity contribution in [2.24, 2.45) is 0 Å². The molecule has 26 heavy (non-hydrogen) atoms. The van der Waals surface area contributed by atoms with Crippen LogP contribution in [0, 0.1) is 0 Å². The summed E-state index contributed by atoms with van der Waals surface area (Å²) in [6, 6.07) is 11.0. The van der Waals surface area contributed by atoms with Crippen LogP contribution in [0.3, 0.4) is 0 Å². The molecule has 7 nitrogen and oxygen atoms in total. The smallest absolute Gasteiger partial charge is 0.267 e. The Labute approximate surface area is 154 Å². The number of carbonyl (C=O) groups excluding carboxylic acids is 1. The van der Waals surface area contributed by atoms with Gasteiger partial charge in [-0.05, 0) is 24.3 Å². The molecule has 2 N–H and O–H groups in total. The van der Waals surface area contributed by atoms with Gasteiger partial charge < -0.3 is 15.4 Å². The van der Waals surface area contributed by atoms with Gasteiger partial charge in [0.2, 0.25) is 5.88 Å². The van der Waals surface area contributed by atoms with Crippen molar-refractivity contribution in [2.75, 3.05) is 23.8 Å². The Morgan fingerprint density at radius 2 is 1.92 bits per heavy atom. The lowest BCUT2D eigenvalue weighted by atomic mass is 10.1. The molecule has 130 valence electrons. The number of aromatic nitrogens is 3. The van der Waals surface area contributed by atoms with Gasteiger partial charge in [0.15, 0.2) is 0 Å². The van der Waals surface area contributed by atoms with Crippen LogP contribution in [0.2, 0.25) is 5.02 Å². The number of rotatable bonds is 2. The minimum Gasteiger partial charge on any atom is -0.475 e. The highest BCUT2D eigenvalue weighted by Gasteiger charge is 2.28. The van der Waals surface area contributed by atoms with Crippen molar-refractivity contribution in [3.8, 4) is 17.1 Å². The summed E-state index contributed by atoms with van der Waals surface area (Å²) in [4.78, 5) is 26.7. The molecule has 0 bridgehead atoms. The molecule has 0 fully saturated rings. The van der Waals surface area contributed by atoms with Crippen LogP contribution in [0.15, 0.2) is 48.9 Å². The number of nitrogen functional groups attached to an aromatic ring is 1. The first-order chi connectivity index (χ1) is 12.6. The van der Waals surface area contributed by atoms with E-state index in [1.54, 1.807) is 23.2 Å². The second-order valence-corrected chi connectivity index (χ2v) is 6.03. The minimum atomic E-state index is -0.292. The maximum absolute atomic E-state index is 12.9. The first-order valence-electron chi connectivity index (χ1n) is 7.91. The Hall–Kier alpha value is -3.19. The zero-order chi connectivity index (χ0) is 18.1. The van der Waals surface area contributed by atoms with Crippen molar-refractivity contribution in [3.63, 3.8) is 0 Å². The number of hydrogen-bond acceptors (Lipinski definition) is 6. The normalized spacial score (nSPS) is 13.7. The fraction of sp³-hybridized carbons (Fsp3) is 0.111. The predicted octanol–water partition coefficient (Wildman–Crippen LogP) is 2.81. The van der Waals surface area contributed by atoms with Crippen LogP contribution in [-0.2, 0) is 0 Å².